The van der Waals surface area contributed by atoms with Crippen LogP contribution in [0.5, 0.6) is 0 Å². The molecule has 4 rings (SSSR count). The highest BCUT2D eigenvalue weighted by Gasteiger charge is 2.62. The zero-order chi connectivity index (χ0) is 15.5. The lowest BCUT2D eigenvalue weighted by molar-refractivity contribution is -0.172. The summed E-state index contributed by atoms with van der Waals surface area (Å²) in [5, 5.41) is 20.7. The van der Waals surface area contributed by atoms with E-state index < -0.39 is 24.0 Å². The molecule has 0 heterocycles. The summed E-state index contributed by atoms with van der Waals surface area (Å²) in [5.74, 6) is -0.752. The molecule has 4 saturated carbocycles. The number of hydrogen-bond acceptors (Lipinski definition) is 3. The second-order valence-corrected chi connectivity index (χ2v) is 8.46. The molecule has 118 valence electrons. The highest BCUT2D eigenvalue weighted by atomic mass is 16.4. The number of carboxylic acids is 1. The van der Waals surface area contributed by atoms with Crippen molar-refractivity contribution in [2.24, 2.45) is 22.2 Å². The van der Waals surface area contributed by atoms with Gasteiger partial charge in [-0.25, -0.2) is 4.79 Å². The van der Waals surface area contributed by atoms with Crippen LogP contribution in [0.15, 0.2) is 0 Å². The van der Waals surface area contributed by atoms with Crippen molar-refractivity contribution >= 4 is 11.9 Å². The predicted molar refractivity (Wildman–Crippen MR) is 76.5 cm³/mol. The number of carbonyl (C=O) groups is 2. The summed E-state index contributed by atoms with van der Waals surface area (Å²) in [6.07, 6.45) is 6.15. The molecule has 0 radical (unpaired) electrons. The van der Waals surface area contributed by atoms with Crippen molar-refractivity contribution in [3.63, 3.8) is 0 Å². The minimum atomic E-state index is -1.19. The van der Waals surface area contributed by atoms with E-state index in [1.807, 2.05) is 0 Å². The molecule has 0 aromatic carbocycles. The van der Waals surface area contributed by atoms with E-state index in [0.717, 1.165) is 19.3 Å². The monoisotopic (exact) mass is 295 g/mol. The fourth-order valence-electron chi connectivity index (χ4n) is 6.20. The standard InChI is InChI=1S/C16H25NO4/c1-14-3-10-4-15(2,7-14)9-16(5-10,8-14)13(21)17-11(6-18)12(19)20/h10-11,18H,3-9H2,1-2H3,(H,17,21)(H,19,20)/t10?,11-,14?,15?,16?/m1/s1. The van der Waals surface area contributed by atoms with Gasteiger partial charge in [-0.15, -0.1) is 0 Å². The van der Waals surface area contributed by atoms with E-state index >= 15 is 0 Å². The number of rotatable bonds is 4. The molecule has 4 aliphatic rings. The van der Waals surface area contributed by atoms with Crippen LogP contribution in [-0.2, 0) is 9.59 Å². The lowest BCUT2D eigenvalue weighted by Crippen LogP contribution is -2.61. The van der Waals surface area contributed by atoms with Gasteiger partial charge in [-0.2, -0.15) is 0 Å². The normalized spacial score (nSPS) is 45.4. The van der Waals surface area contributed by atoms with Crippen molar-refractivity contribution < 1.29 is 19.8 Å². The first-order chi connectivity index (χ1) is 9.69. The van der Waals surface area contributed by atoms with E-state index in [9.17, 15) is 9.59 Å². The third-order valence-electron chi connectivity index (χ3n) is 5.89. The van der Waals surface area contributed by atoms with Crippen molar-refractivity contribution in [3.8, 4) is 0 Å². The van der Waals surface area contributed by atoms with Gasteiger partial charge in [0.1, 0.15) is 6.04 Å². The molecule has 2 unspecified atom stereocenters. The molecule has 4 fully saturated rings. The molecule has 0 spiro atoms. The lowest BCUT2D eigenvalue weighted by Gasteiger charge is -2.64. The summed E-state index contributed by atoms with van der Waals surface area (Å²) in [4.78, 5) is 23.8. The molecule has 4 bridgehead atoms. The maximum Gasteiger partial charge on any atom is 0.328 e. The van der Waals surface area contributed by atoms with E-state index in [2.05, 4.69) is 19.2 Å². The molecule has 21 heavy (non-hydrogen) atoms. The van der Waals surface area contributed by atoms with Gasteiger partial charge in [-0.1, -0.05) is 13.8 Å². The van der Waals surface area contributed by atoms with Crippen LogP contribution in [0.2, 0.25) is 0 Å². The van der Waals surface area contributed by atoms with Crippen LogP contribution in [0.4, 0.5) is 0 Å². The quantitative estimate of drug-likeness (QED) is 0.734. The Labute approximate surface area is 125 Å². The van der Waals surface area contributed by atoms with Gasteiger partial charge in [0.25, 0.3) is 0 Å². The van der Waals surface area contributed by atoms with E-state index in [1.54, 1.807) is 0 Å². The fourth-order valence-corrected chi connectivity index (χ4v) is 6.20. The van der Waals surface area contributed by atoms with Crippen LogP contribution in [0.1, 0.15) is 52.4 Å². The molecule has 0 aromatic rings. The number of nitrogens with one attached hydrogen (secondary N) is 1. The largest absolute Gasteiger partial charge is 0.480 e. The minimum Gasteiger partial charge on any atom is -0.480 e. The Morgan fingerprint density at radius 3 is 2.14 bits per heavy atom. The smallest absolute Gasteiger partial charge is 0.328 e. The molecule has 1 amide bonds. The van der Waals surface area contributed by atoms with Gasteiger partial charge in [0.2, 0.25) is 5.91 Å². The molecular formula is C16H25NO4. The molecule has 0 saturated heterocycles. The SMILES string of the molecule is CC12CC3CC(C)(C1)CC(C(=O)N[C@H](CO)C(=O)O)(C3)C2. The van der Waals surface area contributed by atoms with E-state index in [-0.39, 0.29) is 16.7 Å². The van der Waals surface area contributed by atoms with Gasteiger partial charge in [-0.05, 0) is 55.3 Å². The number of carbonyl (C=O) groups excluding carboxylic acids is 1. The van der Waals surface area contributed by atoms with E-state index in [1.165, 1.54) is 19.3 Å². The van der Waals surface area contributed by atoms with Crippen LogP contribution in [-0.4, -0.2) is 34.7 Å². The Balaban J connectivity index is 1.84. The number of aliphatic hydroxyl groups excluding tert-OH is 1. The van der Waals surface area contributed by atoms with Crippen molar-refractivity contribution in [2.75, 3.05) is 6.61 Å². The molecule has 0 aromatic heterocycles. The van der Waals surface area contributed by atoms with Gasteiger partial charge in [0.05, 0.1) is 12.0 Å². The van der Waals surface area contributed by atoms with Crippen LogP contribution in [0.3, 0.4) is 0 Å². The van der Waals surface area contributed by atoms with Crippen molar-refractivity contribution in [1.82, 2.24) is 5.32 Å². The fraction of sp³-hybridized carbons (Fsp3) is 0.875. The summed E-state index contributed by atoms with van der Waals surface area (Å²) in [5.41, 5.74) is -0.00132. The number of hydrogen-bond donors (Lipinski definition) is 3. The highest BCUT2D eigenvalue weighted by molar-refractivity contribution is 5.88. The molecule has 5 nitrogen and oxygen atoms in total. The number of amides is 1. The Morgan fingerprint density at radius 1 is 1.14 bits per heavy atom. The zero-order valence-corrected chi connectivity index (χ0v) is 12.8. The average molecular weight is 295 g/mol. The first-order valence-corrected chi connectivity index (χ1v) is 7.84. The van der Waals surface area contributed by atoms with Crippen molar-refractivity contribution in [3.05, 3.63) is 0 Å². The summed E-state index contributed by atoms with van der Waals surface area (Å²) in [6.45, 7) is 3.99. The Kier molecular flexibility index (Phi) is 3.14. The zero-order valence-electron chi connectivity index (χ0n) is 12.8. The number of aliphatic hydroxyl groups is 1. The Hall–Kier alpha value is -1.10. The van der Waals surface area contributed by atoms with E-state index in [0.29, 0.717) is 5.92 Å². The van der Waals surface area contributed by atoms with Gasteiger partial charge in [0, 0.05) is 0 Å². The van der Waals surface area contributed by atoms with Crippen LogP contribution in [0.25, 0.3) is 0 Å². The maximum atomic E-state index is 12.8. The van der Waals surface area contributed by atoms with Gasteiger partial charge >= 0.3 is 5.97 Å². The van der Waals surface area contributed by atoms with Gasteiger partial charge in [0.15, 0.2) is 0 Å². The second kappa shape index (κ2) is 4.45. The highest BCUT2D eigenvalue weighted by Crippen LogP contribution is 2.69. The number of aliphatic carboxylic acids is 1. The predicted octanol–water partition coefficient (Wildman–Crippen LogP) is 1.54. The van der Waals surface area contributed by atoms with Crippen LogP contribution in [0, 0.1) is 22.2 Å². The second-order valence-electron chi connectivity index (χ2n) is 8.46. The van der Waals surface area contributed by atoms with Gasteiger partial charge in [-0.3, -0.25) is 4.79 Å². The average Bonchev–Trinajstić information content (AvgIpc) is 2.30. The van der Waals surface area contributed by atoms with Crippen molar-refractivity contribution in [1.29, 1.82) is 0 Å². The maximum absolute atomic E-state index is 12.8. The summed E-state index contributed by atoms with van der Waals surface area (Å²) < 4.78 is 0. The van der Waals surface area contributed by atoms with E-state index in [4.69, 9.17) is 10.2 Å². The molecule has 5 heteroatoms. The van der Waals surface area contributed by atoms with Crippen molar-refractivity contribution in [2.45, 2.75) is 58.4 Å². The molecule has 4 aliphatic carbocycles. The molecule has 3 atom stereocenters. The Bertz CT molecular complexity index is 471. The first kappa shape index (κ1) is 14.8. The lowest BCUT2D eigenvalue weighted by atomic mass is 9.40. The van der Waals surface area contributed by atoms with Gasteiger partial charge < -0.3 is 15.5 Å². The summed E-state index contributed by atoms with van der Waals surface area (Å²) in [7, 11) is 0. The van der Waals surface area contributed by atoms with Crippen LogP contribution >= 0.6 is 0 Å². The first-order valence-electron chi connectivity index (χ1n) is 7.84. The third kappa shape index (κ3) is 2.35. The number of carboxylic acid groups (broad SMARTS) is 1. The van der Waals surface area contributed by atoms with Crippen LogP contribution < -0.4 is 5.32 Å². The molecule has 0 aliphatic heterocycles. The summed E-state index contributed by atoms with van der Waals surface area (Å²) >= 11 is 0. The third-order valence-corrected chi connectivity index (χ3v) is 5.89. The topological polar surface area (TPSA) is 86.6 Å². The molecular weight excluding hydrogens is 270 g/mol. The summed E-state index contributed by atoms with van der Waals surface area (Å²) in [6, 6.07) is -1.19. The Morgan fingerprint density at radius 2 is 1.71 bits per heavy atom. The molecule has 3 N–H and O–H groups in total. The minimum absolute atomic E-state index is 0.162.